The first-order valence-electron chi connectivity index (χ1n) is 4.44. The average molecular weight is 280 g/mol. The molecule has 19 heavy (non-hydrogen) atoms. The Morgan fingerprint density at radius 2 is 1.05 bits per heavy atom. The molecule has 0 radical (unpaired) electrons. The molecule has 6 N–H and O–H groups in total. The molecule has 2 atom stereocenters. The lowest BCUT2D eigenvalue weighted by Crippen LogP contribution is -2.43. The lowest BCUT2D eigenvalue weighted by Gasteiger charge is -2.07. The van der Waals surface area contributed by atoms with Gasteiger partial charge in [-0.2, -0.15) is 0 Å². The first kappa shape index (κ1) is 22.0. The summed E-state index contributed by atoms with van der Waals surface area (Å²) in [4.78, 5) is 39.0. The van der Waals surface area contributed by atoms with Crippen LogP contribution in [0.4, 0.5) is 0 Å². The van der Waals surface area contributed by atoms with Crippen LogP contribution in [0.5, 0.6) is 0 Å². The Morgan fingerprint density at radius 3 is 1.11 bits per heavy atom. The molecule has 0 aromatic carbocycles. The summed E-state index contributed by atoms with van der Waals surface area (Å²) in [6.07, 6.45) is -1.19. The fraction of sp³-hybridized carbons (Fsp3) is 0.556. The lowest BCUT2D eigenvalue weighted by atomic mass is 10.2. The Morgan fingerprint density at radius 1 is 0.842 bits per heavy atom. The number of hydrogen-bond donors (Lipinski definition) is 4. The number of nitrogens with two attached hydrogens (primary N) is 2. The molecule has 0 aromatic rings. The Kier molecular flexibility index (Phi) is 12.7. The van der Waals surface area contributed by atoms with Gasteiger partial charge >= 0.3 is 11.9 Å². The minimum atomic E-state index is -1.54. The van der Waals surface area contributed by atoms with Gasteiger partial charge in [0.25, 0.3) is 0 Å². The topological polar surface area (TPSA) is 207 Å². The van der Waals surface area contributed by atoms with Crippen LogP contribution >= 0.6 is 0 Å². The van der Waals surface area contributed by atoms with E-state index < -0.39 is 48.8 Å². The van der Waals surface area contributed by atoms with Crippen LogP contribution in [0, 0.1) is 0 Å². The van der Waals surface area contributed by atoms with E-state index >= 15 is 0 Å². The molecule has 0 saturated heterocycles. The maximum Gasteiger partial charge on any atom is 0.305 e. The fourth-order valence-electron chi connectivity index (χ4n) is 0.543. The van der Waals surface area contributed by atoms with Gasteiger partial charge in [-0.1, -0.05) is 7.43 Å². The SMILES string of the molecule is C.NC(CC(=O)O)C(=O)[O-].NC(CC(=O)O)C(=O)[O-]. The summed E-state index contributed by atoms with van der Waals surface area (Å²) in [7, 11) is 0. The molecule has 0 aliphatic rings. The molecular weight excluding hydrogens is 264 g/mol. The summed E-state index contributed by atoms with van der Waals surface area (Å²) in [6, 6.07) is -2.80. The van der Waals surface area contributed by atoms with Gasteiger partial charge in [0.2, 0.25) is 0 Å². The third kappa shape index (κ3) is 15.8. The van der Waals surface area contributed by atoms with E-state index in [4.69, 9.17) is 21.7 Å². The summed E-state index contributed by atoms with van der Waals surface area (Å²) in [5.74, 6) is -5.58. The van der Waals surface area contributed by atoms with Crippen LogP contribution in [0.25, 0.3) is 0 Å². The number of carbonyl (C=O) groups is 4. The number of carbonyl (C=O) groups excluding carboxylic acids is 2. The van der Waals surface area contributed by atoms with E-state index in [0.29, 0.717) is 0 Å². The second kappa shape index (κ2) is 10.9. The van der Waals surface area contributed by atoms with Gasteiger partial charge in [0, 0.05) is 0 Å². The van der Waals surface area contributed by atoms with Crippen molar-refractivity contribution in [2.24, 2.45) is 11.5 Å². The molecule has 2 unspecified atom stereocenters. The van der Waals surface area contributed by atoms with Crippen LogP contribution < -0.4 is 21.7 Å². The summed E-state index contributed by atoms with van der Waals surface area (Å²) in [6.45, 7) is 0. The van der Waals surface area contributed by atoms with E-state index in [0.717, 1.165) is 0 Å². The number of carboxylic acids is 4. The molecule has 0 rings (SSSR count). The zero-order valence-corrected chi connectivity index (χ0v) is 9.07. The van der Waals surface area contributed by atoms with Gasteiger partial charge in [-0.3, -0.25) is 9.59 Å². The Bertz CT molecular complexity index is 298. The third-order valence-electron chi connectivity index (χ3n) is 1.39. The maximum atomic E-state index is 9.74. The number of aliphatic carboxylic acids is 4. The highest BCUT2D eigenvalue weighted by molar-refractivity contribution is 5.79. The highest BCUT2D eigenvalue weighted by Gasteiger charge is 2.07. The van der Waals surface area contributed by atoms with Gasteiger partial charge in [0.05, 0.1) is 36.9 Å². The van der Waals surface area contributed by atoms with Crippen molar-refractivity contribution in [1.82, 2.24) is 0 Å². The van der Waals surface area contributed by atoms with Crippen LogP contribution in [0.1, 0.15) is 20.3 Å². The molecule has 0 aliphatic heterocycles. The Balaban J connectivity index is -0.000000256. The van der Waals surface area contributed by atoms with E-state index in [1.54, 1.807) is 0 Å². The maximum absolute atomic E-state index is 9.74. The number of hydrogen-bond acceptors (Lipinski definition) is 8. The van der Waals surface area contributed by atoms with Crippen molar-refractivity contribution in [3.63, 3.8) is 0 Å². The number of carboxylic acid groups (broad SMARTS) is 4. The van der Waals surface area contributed by atoms with E-state index in [-0.39, 0.29) is 7.43 Å². The van der Waals surface area contributed by atoms with E-state index in [2.05, 4.69) is 0 Å². The highest BCUT2D eigenvalue weighted by atomic mass is 16.4. The van der Waals surface area contributed by atoms with Crippen molar-refractivity contribution < 1.29 is 39.6 Å². The third-order valence-corrected chi connectivity index (χ3v) is 1.39. The van der Waals surface area contributed by atoms with Crippen LogP contribution in [0.2, 0.25) is 0 Å². The van der Waals surface area contributed by atoms with Crippen molar-refractivity contribution in [3.05, 3.63) is 0 Å². The minimum absolute atomic E-state index is 0. The monoisotopic (exact) mass is 280 g/mol. The van der Waals surface area contributed by atoms with Crippen molar-refractivity contribution in [1.29, 1.82) is 0 Å². The summed E-state index contributed by atoms with van der Waals surface area (Å²) < 4.78 is 0. The van der Waals surface area contributed by atoms with Gasteiger partial charge in [0.15, 0.2) is 0 Å². The van der Waals surface area contributed by atoms with Gasteiger partial charge in [-0.25, -0.2) is 0 Å². The highest BCUT2D eigenvalue weighted by Crippen LogP contribution is 1.84. The Labute approximate surface area is 108 Å². The van der Waals surface area contributed by atoms with Gasteiger partial charge in [-0.15, -0.1) is 0 Å². The molecule has 0 saturated carbocycles. The van der Waals surface area contributed by atoms with Crippen molar-refractivity contribution in [2.45, 2.75) is 32.4 Å². The van der Waals surface area contributed by atoms with Gasteiger partial charge in [-0.05, 0) is 0 Å². The fourth-order valence-corrected chi connectivity index (χ4v) is 0.543. The zero-order chi connectivity index (χ0) is 14.9. The molecule has 0 spiro atoms. The molecule has 0 aliphatic carbocycles. The van der Waals surface area contributed by atoms with Gasteiger partial charge < -0.3 is 41.5 Å². The normalized spacial score (nSPS) is 11.9. The second-order valence-electron chi connectivity index (χ2n) is 3.05. The Hall–Kier alpha value is -2.20. The molecule has 0 aromatic heterocycles. The van der Waals surface area contributed by atoms with Crippen molar-refractivity contribution in [3.8, 4) is 0 Å². The van der Waals surface area contributed by atoms with E-state index in [1.165, 1.54) is 0 Å². The van der Waals surface area contributed by atoms with Crippen molar-refractivity contribution in [2.75, 3.05) is 0 Å². The van der Waals surface area contributed by atoms with Crippen molar-refractivity contribution >= 4 is 23.9 Å². The molecule has 0 bridgehead atoms. The summed E-state index contributed by atoms with van der Waals surface area (Å²) in [5, 5.41) is 35.4. The smallest absolute Gasteiger partial charge is 0.305 e. The molecule has 10 heteroatoms. The molecule has 112 valence electrons. The quantitative estimate of drug-likeness (QED) is 0.368. The van der Waals surface area contributed by atoms with Crippen LogP contribution in [0.15, 0.2) is 0 Å². The van der Waals surface area contributed by atoms with Gasteiger partial charge in [0.1, 0.15) is 0 Å². The summed E-state index contributed by atoms with van der Waals surface area (Å²) >= 11 is 0. The molecule has 10 nitrogen and oxygen atoms in total. The largest absolute Gasteiger partial charge is 0.548 e. The van der Waals surface area contributed by atoms with Crippen LogP contribution in [-0.4, -0.2) is 46.2 Å². The van der Waals surface area contributed by atoms with Crippen LogP contribution in [-0.2, 0) is 19.2 Å². The van der Waals surface area contributed by atoms with E-state index in [1.807, 2.05) is 0 Å². The van der Waals surface area contributed by atoms with Crippen LogP contribution in [0.3, 0.4) is 0 Å². The standard InChI is InChI=1S/2C4H7NO4.CH4/c2*5-2(4(8)9)1-3(6)7;/h2*2H,1,5H2,(H,6,7)(H,8,9);1H4/p-2. The second-order valence-corrected chi connectivity index (χ2v) is 3.05. The summed E-state index contributed by atoms with van der Waals surface area (Å²) in [5.41, 5.74) is 9.55. The first-order chi connectivity index (χ1) is 8.07. The average Bonchev–Trinajstić information content (AvgIpc) is 2.16. The molecule has 0 heterocycles. The lowest BCUT2D eigenvalue weighted by molar-refractivity contribution is -0.308. The minimum Gasteiger partial charge on any atom is -0.548 e. The molecular formula is C9H16N2O8-2. The predicted octanol–water partition coefficient (Wildman–Crippen LogP) is -4.29. The number of rotatable bonds is 6. The molecule has 0 amide bonds. The first-order valence-corrected chi connectivity index (χ1v) is 4.44. The zero-order valence-electron chi connectivity index (χ0n) is 9.07. The molecule has 0 fully saturated rings. The van der Waals surface area contributed by atoms with E-state index in [9.17, 15) is 29.4 Å². The predicted molar refractivity (Wildman–Crippen MR) is 57.2 cm³/mol.